The molecule has 0 spiro atoms. The Bertz CT molecular complexity index is 1110. The first-order valence-corrected chi connectivity index (χ1v) is 12.9. The maximum Gasteiger partial charge on any atom is 0.324 e. The van der Waals surface area contributed by atoms with Crippen LogP contribution in [0.15, 0.2) is 53.4 Å². The van der Waals surface area contributed by atoms with Gasteiger partial charge in [0, 0.05) is 6.42 Å². The van der Waals surface area contributed by atoms with Gasteiger partial charge < -0.3 is 14.2 Å². The molecule has 0 aliphatic carbocycles. The van der Waals surface area contributed by atoms with Crippen LogP contribution in [-0.4, -0.2) is 39.1 Å². The van der Waals surface area contributed by atoms with Gasteiger partial charge in [0.05, 0.1) is 12.0 Å². The first-order chi connectivity index (χ1) is 16.3. The first kappa shape index (κ1) is 28.3. The summed E-state index contributed by atoms with van der Waals surface area (Å²) in [5, 5.41) is 0. The number of carbonyl (C=O) groups excluding carboxylic acids is 2. The maximum absolute atomic E-state index is 13.3. The first-order valence-electron chi connectivity index (χ1n) is 11.4. The van der Waals surface area contributed by atoms with Crippen molar-refractivity contribution in [3.05, 3.63) is 59.7 Å². The standard InChI is InChI=1S/C26H35NO7S/c1-18(2)24(25(29)33-17-19-10-8-7-9-11-19)27-35(30,31)22-14-13-21(32-6)16-20(22)12-15-23(28)34-26(3,4)5/h7-11,13-14,16,18,24,27H,12,15,17H2,1-6H3/t24-/m1/s1. The lowest BCUT2D eigenvalue weighted by Crippen LogP contribution is -2.45. The molecule has 2 aromatic carbocycles. The molecule has 2 aromatic rings. The van der Waals surface area contributed by atoms with Crippen LogP contribution in [0.2, 0.25) is 0 Å². The van der Waals surface area contributed by atoms with Crippen LogP contribution in [0, 0.1) is 5.92 Å². The summed E-state index contributed by atoms with van der Waals surface area (Å²) in [5.41, 5.74) is 0.528. The largest absolute Gasteiger partial charge is 0.497 e. The summed E-state index contributed by atoms with van der Waals surface area (Å²) in [6, 6.07) is 12.5. The van der Waals surface area contributed by atoms with Crippen LogP contribution in [0.5, 0.6) is 5.75 Å². The van der Waals surface area contributed by atoms with E-state index in [1.165, 1.54) is 19.2 Å². The number of hydrogen-bond acceptors (Lipinski definition) is 7. The number of esters is 2. The van der Waals surface area contributed by atoms with Crippen LogP contribution in [0.3, 0.4) is 0 Å². The van der Waals surface area contributed by atoms with Crippen molar-refractivity contribution < 1.29 is 32.2 Å². The number of sulfonamides is 1. The minimum Gasteiger partial charge on any atom is -0.497 e. The van der Waals surface area contributed by atoms with E-state index in [0.717, 1.165) is 5.56 Å². The highest BCUT2D eigenvalue weighted by Gasteiger charge is 2.31. The van der Waals surface area contributed by atoms with Gasteiger partial charge in [0.15, 0.2) is 0 Å². The highest BCUT2D eigenvalue weighted by atomic mass is 32.2. The lowest BCUT2D eigenvalue weighted by Gasteiger charge is -2.22. The predicted octanol–water partition coefficient (Wildman–Crippen LogP) is 4.02. The average molecular weight is 506 g/mol. The molecule has 1 atom stereocenters. The van der Waals surface area contributed by atoms with Gasteiger partial charge in [0.2, 0.25) is 10.0 Å². The van der Waals surface area contributed by atoms with E-state index >= 15 is 0 Å². The number of rotatable bonds is 11. The average Bonchev–Trinajstić information content (AvgIpc) is 2.78. The number of ether oxygens (including phenoxy) is 3. The van der Waals surface area contributed by atoms with Crippen LogP contribution in [0.4, 0.5) is 0 Å². The fourth-order valence-corrected chi connectivity index (χ4v) is 4.86. The van der Waals surface area contributed by atoms with Gasteiger partial charge in [-0.2, -0.15) is 4.72 Å². The lowest BCUT2D eigenvalue weighted by molar-refractivity contribution is -0.154. The van der Waals surface area contributed by atoms with Gasteiger partial charge in [0.1, 0.15) is 24.0 Å². The Kier molecular flexibility index (Phi) is 9.85. The highest BCUT2D eigenvalue weighted by Crippen LogP contribution is 2.25. The van der Waals surface area contributed by atoms with Crippen molar-refractivity contribution in [3.63, 3.8) is 0 Å². The van der Waals surface area contributed by atoms with E-state index < -0.39 is 33.6 Å². The van der Waals surface area contributed by atoms with Gasteiger partial charge >= 0.3 is 11.9 Å². The molecular weight excluding hydrogens is 470 g/mol. The maximum atomic E-state index is 13.3. The predicted molar refractivity (Wildman–Crippen MR) is 132 cm³/mol. The monoisotopic (exact) mass is 505 g/mol. The molecule has 0 amide bonds. The summed E-state index contributed by atoms with van der Waals surface area (Å²) in [4.78, 5) is 24.9. The molecular formula is C26H35NO7S. The molecule has 8 nitrogen and oxygen atoms in total. The summed E-state index contributed by atoms with van der Waals surface area (Å²) >= 11 is 0. The zero-order valence-corrected chi connectivity index (χ0v) is 22.0. The number of aryl methyl sites for hydroxylation is 1. The Morgan fingerprint density at radius 2 is 1.69 bits per heavy atom. The zero-order valence-electron chi connectivity index (χ0n) is 21.2. The van der Waals surface area contributed by atoms with Gasteiger partial charge in [0.25, 0.3) is 0 Å². The molecule has 0 saturated carbocycles. The van der Waals surface area contributed by atoms with E-state index in [1.54, 1.807) is 40.7 Å². The number of hydrogen-bond donors (Lipinski definition) is 1. The second-order valence-corrected chi connectivity index (χ2v) is 11.2. The lowest BCUT2D eigenvalue weighted by atomic mass is 10.1. The van der Waals surface area contributed by atoms with Crippen LogP contribution in [0.25, 0.3) is 0 Å². The van der Waals surface area contributed by atoms with Crippen molar-refractivity contribution in [1.82, 2.24) is 4.72 Å². The Morgan fingerprint density at radius 3 is 2.26 bits per heavy atom. The highest BCUT2D eigenvalue weighted by molar-refractivity contribution is 7.89. The van der Waals surface area contributed by atoms with Gasteiger partial charge in [-0.25, -0.2) is 8.42 Å². The topological polar surface area (TPSA) is 108 Å². The fourth-order valence-electron chi connectivity index (χ4n) is 3.28. The minimum absolute atomic E-state index is 0.0142. The number of nitrogens with one attached hydrogen (secondary N) is 1. The van der Waals surface area contributed by atoms with Crippen molar-refractivity contribution in [3.8, 4) is 5.75 Å². The van der Waals surface area contributed by atoms with Crippen LogP contribution in [0.1, 0.15) is 52.2 Å². The SMILES string of the molecule is COc1ccc(S(=O)(=O)N[C@@H](C(=O)OCc2ccccc2)C(C)C)c(CCC(=O)OC(C)(C)C)c1. The molecule has 0 saturated heterocycles. The normalized spacial score (nSPS) is 12.8. The molecule has 0 fully saturated rings. The van der Waals surface area contributed by atoms with Crippen molar-refractivity contribution in [1.29, 1.82) is 0 Å². The number of carbonyl (C=O) groups is 2. The molecule has 9 heteroatoms. The molecule has 192 valence electrons. The fraction of sp³-hybridized carbons (Fsp3) is 0.462. The van der Waals surface area contributed by atoms with Gasteiger partial charge in [-0.05, 0) is 62.4 Å². The van der Waals surface area contributed by atoms with Gasteiger partial charge in [-0.3, -0.25) is 9.59 Å². The molecule has 0 heterocycles. The molecule has 0 aromatic heterocycles. The Morgan fingerprint density at radius 1 is 1.03 bits per heavy atom. The van der Waals surface area contributed by atoms with E-state index in [9.17, 15) is 18.0 Å². The quantitative estimate of drug-likeness (QED) is 0.460. The van der Waals surface area contributed by atoms with E-state index in [0.29, 0.717) is 11.3 Å². The Labute approximate surface area is 208 Å². The summed E-state index contributed by atoms with van der Waals surface area (Å²) in [5.74, 6) is -1.03. The van der Waals surface area contributed by atoms with Crippen LogP contribution < -0.4 is 9.46 Å². The third-order valence-corrected chi connectivity index (χ3v) is 6.54. The minimum atomic E-state index is -4.13. The Balaban J connectivity index is 2.23. The summed E-state index contributed by atoms with van der Waals surface area (Å²) in [6.07, 6.45) is 0.104. The summed E-state index contributed by atoms with van der Waals surface area (Å²) in [7, 11) is -2.66. The third-order valence-electron chi connectivity index (χ3n) is 5.00. The van der Waals surface area contributed by atoms with Gasteiger partial charge in [-0.15, -0.1) is 0 Å². The molecule has 0 aliphatic rings. The van der Waals surface area contributed by atoms with E-state index in [1.807, 2.05) is 30.3 Å². The van der Waals surface area contributed by atoms with E-state index in [4.69, 9.17) is 14.2 Å². The van der Waals surface area contributed by atoms with Crippen molar-refractivity contribution in [2.75, 3.05) is 7.11 Å². The van der Waals surface area contributed by atoms with Crippen molar-refractivity contribution in [2.45, 2.75) is 70.6 Å². The molecule has 35 heavy (non-hydrogen) atoms. The number of methoxy groups -OCH3 is 1. The molecule has 0 aliphatic heterocycles. The van der Waals surface area contributed by atoms with E-state index in [-0.39, 0.29) is 30.3 Å². The summed E-state index contributed by atoms with van der Waals surface area (Å²) in [6.45, 7) is 8.79. The molecule has 2 rings (SSSR count). The second kappa shape index (κ2) is 12.2. The van der Waals surface area contributed by atoms with Crippen LogP contribution in [-0.2, 0) is 42.1 Å². The second-order valence-electron chi connectivity index (χ2n) is 9.50. The molecule has 1 N–H and O–H groups in total. The zero-order chi connectivity index (χ0) is 26.2. The number of benzene rings is 2. The molecule has 0 unspecified atom stereocenters. The van der Waals surface area contributed by atoms with Crippen LogP contribution >= 0.6 is 0 Å². The molecule has 0 bridgehead atoms. The van der Waals surface area contributed by atoms with E-state index in [2.05, 4.69) is 4.72 Å². The Hall–Kier alpha value is -2.91. The van der Waals surface area contributed by atoms with Crippen molar-refractivity contribution in [2.24, 2.45) is 5.92 Å². The van der Waals surface area contributed by atoms with Crippen molar-refractivity contribution >= 4 is 22.0 Å². The van der Waals surface area contributed by atoms with Gasteiger partial charge in [-0.1, -0.05) is 44.2 Å². The molecule has 0 radical (unpaired) electrons. The summed E-state index contributed by atoms with van der Waals surface area (Å²) < 4.78 is 45.1. The smallest absolute Gasteiger partial charge is 0.324 e. The third kappa shape index (κ3) is 8.99.